The van der Waals surface area contributed by atoms with Gasteiger partial charge in [-0.1, -0.05) is 0 Å². The molecule has 0 fully saturated rings. The number of carbonyl (C=O) groups excluding carboxylic acids is 1. The maximum Gasteiger partial charge on any atom is 0.240 e. The van der Waals surface area contributed by atoms with Crippen molar-refractivity contribution in [2.45, 2.75) is 6.92 Å². The second-order valence-electron chi connectivity index (χ2n) is 2.28. The van der Waals surface area contributed by atoms with Gasteiger partial charge in [0, 0.05) is 0 Å². The summed E-state index contributed by atoms with van der Waals surface area (Å²) in [6, 6.07) is 2.19. The number of benzene rings is 1. The van der Waals surface area contributed by atoms with E-state index >= 15 is 0 Å². The molecule has 0 saturated carbocycles. The topological polar surface area (TPSA) is 29.4 Å². The van der Waals surface area contributed by atoms with Crippen LogP contribution in [0.3, 0.4) is 0 Å². The normalized spacial score (nSPS) is 9.25. The Morgan fingerprint density at radius 2 is 1.83 bits per heavy atom. The standard InChI is InChI=1S/C8H5F2NO/c1-5-2-6(9)8(11-4-12)7(10)3-5/h2-3H,1H3. The lowest BCUT2D eigenvalue weighted by Gasteiger charge is -1.97. The van der Waals surface area contributed by atoms with Gasteiger partial charge < -0.3 is 0 Å². The SMILES string of the molecule is Cc1cc(F)c(N=C=O)c(F)c1. The van der Waals surface area contributed by atoms with Crippen molar-refractivity contribution < 1.29 is 13.6 Å². The molecule has 1 aromatic carbocycles. The summed E-state index contributed by atoms with van der Waals surface area (Å²) in [6.07, 6.45) is 1.08. The van der Waals surface area contributed by atoms with Gasteiger partial charge in [0.25, 0.3) is 0 Å². The minimum Gasteiger partial charge on any atom is -0.211 e. The molecule has 0 N–H and O–H groups in total. The minimum absolute atomic E-state index is 0.440. The maximum atomic E-state index is 12.8. The molecule has 0 heterocycles. The van der Waals surface area contributed by atoms with Crippen LogP contribution in [0, 0.1) is 18.6 Å². The van der Waals surface area contributed by atoms with Crippen molar-refractivity contribution in [2.75, 3.05) is 0 Å². The molecular formula is C8H5F2NO. The van der Waals surface area contributed by atoms with Crippen LogP contribution in [0.5, 0.6) is 0 Å². The van der Waals surface area contributed by atoms with Gasteiger partial charge in [-0.15, -0.1) is 0 Å². The highest BCUT2D eigenvalue weighted by molar-refractivity contribution is 5.51. The van der Waals surface area contributed by atoms with E-state index in [1.54, 1.807) is 6.92 Å². The molecule has 0 unspecified atom stereocenters. The predicted octanol–water partition coefficient (Wildman–Crippen LogP) is 2.24. The number of hydrogen-bond donors (Lipinski definition) is 0. The highest BCUT2D eigenvalue weighted by Gasteiger charge is 2.07. The number of isocyanates is 1. The molecule has 2 nitrogen and oxygen atoms in total. The summed E-state index contributed by atoms with van der Waals surface area (Å²) in [4.78, 5) is 12.6. The van der Waals surface area contributed by atoms with Crippen molar-refractivity contribution in [3.63, 3.8) is 0 Å². The van der Waals surface area contributed by atoms with E-state index in [-0.39, 0.29) is 0 Å². The number of halogens is 2. The van der Waals surface area contributed by atoms with Crippen molar-refractivity contribution in [1.29, 1.82) is 0 Å². The first-order valence-electron chi connectivity index (χ1n) is 3.18. The van der Waals surface area contributed by atoms with Crippen molar-refractivity contribution in [1.82, 2.24) is 0 Å². The Bertz CT molecular complexity index is 333. The van der Waals surface area contributed by atoms with Gasteiger partial charge in [-0.05, 0) is 24.6 Å². The molecule has 12 heavy (non-hydrogen) atoms. The summed E-state index contributed by atoms with van der Waals surface area (Å²) in [6.45, 7) is 1.54. The van der Waals surface area contributed by atoms with Crippen LogP contribution in [0.2, 0.25) is 0 Å². The number of aryl methyl sites for hydroxylation is 1. The largest absolute Gasteiger partial charge is 0.240 e. The smallest absolute Gasteiger partial charge is 0.211 e. The highest BCUT2D eigenvalue weighted by Crippen LogP contribution is 2.22. The fourth-order valence-electron chi connectivity index (χ4n) is 0.845. The van der Waals surface area contributed by atoms with E-state index in [2.05, 4.69) is 4.99 Å². The quantitative estimate of drug-likeness (QED) is 0.468. The second kappa shape index (κ2) is 3.24. The third kappa shape index (κ3) is 1.54. The fourth-order valence-corrected chi connectivity index (χ4v) is 0.845. The van der Waals surface area contributed by atoms with E-state index < -0.39 is 17.3 Å². The van der Waals surface area contributed by atoms with Crippen LogP contribution < -0.4 is 0 Å². The predicted molar refractivity (Wildman–Crippen MR) is 38.9 cm³/mol. The Hall–Kier alpha value is -1.54. The van der Waals surface area contributed by atoms with Crippen LogP contribution in [0.25, 0.3) is 0 Å². The lowest BCUT2D eigenvalue weighted by atomic mass is 10.2. The molecule has 0 atom stereocenters. The first-order chi connectivity index (χ1) is 5.65. The van der Waals surface area contributed by atoms with Crippen molar-refractivity contribution in [2.24, 2.45) is 4.99 Å². The molecule has 4 heteroatoms. The van der Waals surface area contributed by atoms with Crippen LogP contribution in [-0.2, 0) is 4.79 Å². The third-order valence-electron chi connectivity index (χ3n) is 1.32. The van der Waals surface area contributed by atoms with Crippen LogP contribution in [0.1, 0.15) is 5.56 Å². The molecular weight excluding hydrogens is 164 g/mol. The number of hydrogen-bond acceptors (Lipinski definition) is 2. The average molecular weight is 169 g/mol. The molecule has 0 bridgehead atoms. The van der Waals surface area contributed by atoms with Gasteiger partial charge in [0.15, 0.2) is 11.6 Å². The third-order valence-corrected chi connectivity index (χ3v) is 1.32. The van der Waals surface area contributed by atoms with E-state index in [0.29, 0.717) is 5.56 Å². The van der Waals surface area contributed by atoms with Gasteiger partial charge in [0.05, 0.1) is 0 Å². The Morgan fingerprint density at radius 3 is 2.25 bits per heavy atom. The molecule has 1 rings (SSSR count). The molecule has 0 aliphatic carbocycles. The molecule has 62 valence electrons. The number of rotatable bonds is 1. The first kappa shape index (κ1) is 8.56. The van der Waals surface area contributed by atoms with Gasteiger partial charge in [0.1, 0.15) is 5.69 Å². The average Bonchev–Trinajstić information content (AvgIpc) is 1.96. The summed E-state index contributed by atoms with van der Waals surface area (Å²) in [7, 11) is 0. The van der Waals surface area contributed by atoms with Gasteiger partial charge in [-0.3, -0.25) is 0 Å². The van der Waals surface area contributed by atoms with Crippen molar-refractivity contribution in [3.8, 4) is 0 Å². The summed E-state index contributed by atoms with van der Waals surface area (Å²) in [5, 5.41) is 0. The Balaban J connectivity index is 3.37. The summed E-state index contributed by atoms with van der Waals surface area (Å²) in [5.41, 5.74) is -0.148. The van der Waals surface area contributed by atoms with E-state index in [1.165, 1.54) is 0 Å². The zero-order valence-electron chi connectivity index (χ0n) is 6.27. The molecule has 1 aromatic rings. The first-order valence-corrected chi connectivity index (χ1v) is 3.18. The molecule has 0 amide bonds. The molecule has 0 aromatic heterocycles. The molecule has 0 aliphatic rings. The van der Waals surface area contributed by atoms with E-state index in [1.807, 2.05) is 0 Å². The molecule has 0 aliphatic heterocycles. The summed E-state index contributed by atoms with van der Waals surface area (Å²) in [5.74, 6) is -1.70. The van der Waals surface area contributed by atoms with Gasteiger partial charge >= 0.3 is 0 Å². The van der Waals surface area contributed by atoms with Crippen LogP contribution >= 0.6 is 0 Å². The molecule has 0 spiro atoms. The minimum atomic E-state index is -0.851. The van der Waals surface area contributed by atoms with Crippen LogP contribution in [-0.4, -0.2) is 6.08 Å². The monoisotopic (exact) mass is 169 g/mol. The van der Waals surface area contributed by atoms with E-state index in [4.69, 9.17) is 0 Å². The molecule has 0 saturated heterocycles. The van der Waals surface area contributed by atoms with Crippen molar-refractivity contribution in [3.05, 3.63) is 29.3 Å². The summed E-state index contributed by atoms with van der Waals surface area (Å²) >= 11 is 0. The Morgan fingerprint density at radius 1 is 1.33 bits per heavy atom. The van der Waals surface area contributed by atoms with Gasteiger partial charge in [-0.25, -0.2) is 13.6 Å². The lowest BCUT2D eigenvalue weighted by Crippen LogP contribution is -1.84. The Labute approximate surface area is 67.5 Å². The highest BCUT2D eigenvalue weighted by atomic mass is 19.1. The second-order valence-corrected chi connectivity index (χ2v) is 2.28. The lowest BCUT2D eigenvalue weighted by molar-refractivity contribution is 0.560. The fraction of sp³-hybridized carbons (Fsp3) is 0.125. The summed E-state index contributed by atoms with van der Waals surface area (Å²) < 4.78 is 25.6. The van der Waals surface area contributed by atoms with Crippen LogP contribution in [0.15, 0.2) is 17.1 Å². The Kier molecular flexibility index (Phi) is 2.31. The molecule has 0 radical (unpaired) electrons. The number of aliphatic imine (C=N–C) groups is 1. The zero-order chi connectivity index (χ0) is 9.14. The van der Waals surface area contributed by atoms with Gasteiger partial charge in [0.2, 0.25) is 6.08 Å². The van der Waals surface area contributed by atoms with E-state index in [0.717, 1.165) is 18.2 Å². The maximum absolute atomic E-state index is 12.8. The number of nitrogens with zero attached hydrogens (tertiary/aromatic N) is 1. The van der Waals surface area contributed by atoms with Crippen LogP contribution in [0.4, 0.5) is 14.5 Å². The van der Waals surface area contributed by atoms with Gasteiger partial charge in [-0.2, -0.15) is 4.99 Å². The zero-order valence-corrected chi connectivity index (χ0v) is 6.27. The van der Waals surface area contributed by atoms with Crippen molar-refractivity contribution >= 4 is 11.8 Å². The van der Waals surface area contributed by atoms with E-state index in [9.17, 15) is 13.6 Å².